The molecule has 0 aromatic carbocycles. The van der Waals surface area contributed by atoms with Gasteiger partial charge < -0.3 is 0 Å². The smallest absolute Gasteiger partial charge is 0.0994 e. The van der Waals surface area contributed by atoms with E-state index in [1.807, 2.05) is 13.0 Å². The predicted octanol–water partition coefficient (Wildman–Crippen LogP) is 2.59. The van der Waals surface area contributed by atoms with E-state index < -0.39 is 0 Å². The second kappa shape index (κ2) is 4.58. The average Bonchev–Trinajstić information content (AvgIpc) is 1.99. The second-order valence-electron chi connectivity index (χ2n) is 1.88. The van der Waals surface area contributed by atoms with Gasteiger partial charge in [-0.3, -0.25) is 0 Å². The van der Waals surface area contributed by atoms with Gasteiger partial charge in [-0.1, -0.05) is 26.2 Å². The molecule has 0 saturated heterocycles. The van der Waals surface area contributed by atoms with Crippen LogP contribution in [0.15, 0.2) is 36.5 Å². The van der Waals surface area contributed by atoms with E-state index in [1.54, 1.807) is 12.2 Å². The molecule has 0 N–H and O–H groups in total. The molecule has 10 heavy (non-hydrogen) atoms. The van der Waals surface area contributed by atoms with Gasteiger partial charge in [-0.15, -0.1) is 0 Å². The lowest BCUT2D eigenvalue weighted by molar-refractivity contribution is 1.13. The molecule has 0 amide bonds. The maximum atomic E-state index is 8.53. The van der Waals surface area contributed by atoms with Crippen LogP contribution in [0, 0.1) is 11.3 Å². The molecule has 1 nitrogen and oxygen atoms in total. The van der Waals surface area contributed by atoms with Crippen molar-refractivity contribution in [3.8, 4) is 6.07 Å². The minimum atomic E-state index is 0.623. The van der Waals surface area contributed by atoms with E-state index in [4.69, 9.17) is 5.26 Å². The van der Waals surface area contributed by atoms with Gasteiger partial charge in [-0.2, -0.15) is 5.26 Å². The third-order valence-electron chi connectivity index (χ3n) is 1.21. The van der Waals surface area contributed by atoms with Crippen molar-refractivity contribution in [1.29, 1.82) is 5.26 Å². The molecule has 0 aromatic rings. The topological polar surface area (TPSA) is 23.8 Å². The zero-order valence-corrected chi connectivity index (χ0v) is 6.22. The van der Waals surface area contributed by atoms with Gasteiger partial charge in [0.05, 0.1) is 11.6 Å². The van der Waals surface area contributed by atoms with Crippen LogP contribution in [0.5, 0.6) is 0 Å². The van der Waals surface area contributed by atoms with Crippen molar-refractivity contribution in [3.63, 3.8) is 0 Å². The first-order valence-electron chi connectivity index (χ1n) is 3.17. The van der Waals surface area contributed by atoms with Crippen molar-refractivity contribution in [3.05, 3.63) is 36.5 Å². The molecular weight excluding hydrogens is 122 g/mol. The highest BCUT2D eigenvalue weighted by Crippen LogP contribution is 2.09. The Balaban J connectivity index is 4.39. The number of nitrogens with zero attached hydrogens (tertiary/aromatic N) is 1. The predicted molar refractivity (Wildman–Crippen MR) is 43.3 cm³/mol. The minimum Gasteiger partial charge on any atom is -0.192 e. The Labute approximate surface area is 62.0 Å². The number of hydrogen-bond donors (Lipinski definition) is 0. The van der Waals surface area contributed by atoms with Crippen molar-refractivity contribution in [2.24, 2.45) is 0 Å². The number of nitriles is 1. The molecule has 0 aliphatic rings. The van der Waals surface area contributed by atoms with Crippen LogP contribution in [0.2, 0.25) is 0 Å². The maximum absolute atomic E-state index is 8.53. The number of hydrogen-bond acceptors (Lipinski definition) is 1. The first-order valence-corrected chi connectivity index (χ1v) is 3.17. The lowest BCUT2D eigenvalue weighted by atomic mass is 10.1. The highest BCUT2D eigenvalue weighted by Gasteiger charge is 1.95. The van der Waals surface area contributed by atoms with Crippen LogP contribution in [0.1, 0.15) is 13.3 Å². The first-order chi connectivity index (χ1) is 4.76. The zero-order valence-electron chi connectivity index (χ0n) is 6.22. The summed E-state index contributed by atoms with van der Waals surface area (Å²) in [6.07, 6.45) is 4.08. The fraction of sp³-hybridized carbons (Fsp3) is 0.222. The van der Waals surface area contributed by atoms with E-state index in [1.165, 1.54) is 0 Å². The molecule has 0 aliphatic carbocycles. The SMILES string of the molecule is C=CC=C(C#N)C(=C)CC. The molecular formula is C9H11N. The summed E-state index contributed by atoms with van der Waals surface area (Å²) in [5.41, 5.74) is 1.49. The molecule has 0 fully saturated rings. The van der Waals surface area contributed by atoms with Crippen LogP contribution in [0.25, 0.3) is 0 Å². The van der Waals surface area contributed by atoms with Crippen LogP contribution < -0.4 is 0 Å². The molecule has 0 heterocycles. The third kappa shape index (κ3) is 2.32. The lowest BCUT2D eigenvalue weighted by Gasteiger charge is -1.95. The fourth-order valence-electron chi connectivity index (χ4n) is 0.542. The van der Waals surface area contributed by atoms with Crippen LogP contribution in [0.4, 0.5) is 0 Å². The Hall–Kier alpha value is -1.29. The van der Waals surface area contributed by atoms with Crippen molar-refractivity contribution in [2.75, 3.05) is 0 Å². The summed E-state index contributed by atoms with van der Waals surface area (Å²) < 4.78 is 0. The quantitative estimate of drug-likeness (QED) is 0.429. The molecule has 0 aromatic heterocycles. The van der Waals surface area contributed by atoms with Gasteiger partial charge in [0.1, 0.15) is 0 Å². The maximum Gasteiger partial charge on any atom is 0.0994 e. The molecule has 0 atom stereocenters. The van der Waals surface area contributed by atoms with Gasteiger partial charge in [0.15, 0.2) is 0 Å². The molecule has 0 unspecified atom stereocenters. The van der Waals surface area contributed by atoms with Gasteiger partial charge >= 0.3 is 0 Å². The van der Waals surface area contributed by atoms with Gasteiger partial charge in [0, 0.05) is 0 Å². The Bertz CT molecular complexity index is 203. The summed E-state index contributed by atoms with van der Waals surface area (Å²) >= 11 is 0. The third-order valence-corrected chi connectivity index (χ3v) is 1.21. The van der Waals surface area contributed by atoms with E-state index in [0.29, 0.717) is 5.57 Å². The van der Waals surface area contributed by atoms with E-state index >= 15 is 0 Å². The van der Waals surface area contributed by atoms with Crippen LogP contribution in [-0.4, -0.2) is 0 Å². The van der Waals surface area contributed by atoms with Gasteiger partial charge in [0.25, 0.3) is 0 Å². The van der Waals surface area contributed by atoms with Crippen LogP contribution in [-0.2, 0) is 0 Å². The standard InChI is InChI=1S/C9H11N/c1-4-6-9(7-10)8(3)5-2/h4,6H,1,3,5H2,2H3. The molecule has 0 bridgehead atoms. The second-order valence-corrected chi connectivity index (χ2v) is 1.88. The minimum absolute atomic E-state index is 0.623. The summed E-state index contributed by atoms with van der Waals surface area (Å²) in [4.78, 5) is 0. The Morgan fingerprint density at radius 2 is 2.30 bits per heavy atom. The monoisotopic (exact) mass is 133 g/mol. The Morgan fingerprint density at radius 3 is 2.60 bits per heavy atom. The summed E-state index contributed by atoms with van der Waals surface area (Å²) in [6.45, 7) is 9.19. The molecule has 0 aliphatic heterocycles. The Morgan fingerprint density at radius 1 is 1.70 bits per heavy atom. The number of rotatable bonds is 3. The fourth-order valence-corrected chi connectivity index (χ4v) is 0.542. The molecule has 0 saturated carbocycles. The molecule has 0 spiro atoms. The summed E-state index contributed by atoms with van der Waals surface area (Å²) in [5, 5.41) is 8.53. The molecule has 0 rings (SSSR count). The van der Waals surface area contributed by atoms with E-state index in [9.17, 15) is 0 Å². The summed E-state index contributed by atoms with van der Waals surface area (Å²) in [6, 6.07) is 2.04. The van der Waals surface area contributed by atoms with E-state index in [-0.39, 0.29) is 0 Å². The summed E-state index contributed by atoms with van der Waals surface area (Å²) in [5.74, 6) is 0. The average molecular weight is 133 g/mol. The van der Waals surface area contributed by atoms with Crippen LogP contribution in [0.3, 0.4) is 0 Å². The van der Waals surface area contributed by atoms with Gasteiger partial charge in [-0.25, -0.2) is 0 Å². The van der Waals surface area contributed by atoms with Crippen molar-refractivity contribution in [1.82, 2.24) is 0 Å². The molecule has 0 radical (unpaired) electrons. The normalized spacial score (nSPS) is 10.2. The van der Waals surface area contributed by atoms with Crippen LogP contribution >= 0.6 is 0 Å². The Kier molecular flexibility index (Phi) is 3.99. The van der Waals surface area contributed by atoms with Crippen molar-refractivity contribution < 1.29 is 0 Å². The van der Waals surface area contributed by atoms with Crippen molar-refractivity contribution in [2.45, 2.75) is 13.3 Å². The summed E-state index contributed by atoms with van der Waals surface area (Å²) in [7, 11) is 0. The highest BCUT2D eigenvalue weighted by molar-refractivity contribution is 5.41. The van der Waals surface area contributed by atoms with Gasteiger partial charge in [-0.05, 0) is 18.1 Å². The first kappa shape index (κ1) is 8.71. The lowest BCUT2D eigenvalue weighted by Crippen LogP contribution is -1.81. The molecule has 52 valence electrons. The van der Waals surface area contributed by atoms with E-state index in [2.05, 4.69) is 13.2 Å². The van der Waals surface area contributed by atoms with E-state index in [0.717, 1.165) is 12.0 Å². The highest BCUT2D eigenvalue weighted by atomic mass is 14.2. The van der Waals surface area contributed by atoms with Gasteiger partial charge in [0.2, 0.25) is 0 Å². The number of allylic oxidation sites excluding steroid dienone is 4. The molecule has 1 heteroatoms. The zero-order chi connectivity index (χ0) is 7.98. The van der Waals surface area contributed by atoms with Crippen molar-refractivity contribution >= 4 is 0 Å². The largest absolute Gasteiger partial charge is 0.192 e.